The van der Waals surface area contributed by atoms with Gasteiger partial charge in [0, 0.05) is 18.7 Å². The quantitative estimate of drug-likeness (QED) is 0.863. The number of nitrogens with one attached hydrogen (secondary N) is 1. The summed E-state index contributed by atoms with van der Waals surface area (Å²) in [5.41, 5.74) is 0.271. The first-order valence-corrected chi connectivity index (χ1v) is 7.36. The van der Waals surface area contributed by atoms with Crippen LogP contribution in [0, 0.1) is 11.6 Å². The lowest BCUT2D eigenvalue weighted by molar-refractivity contribution is -0.0116. The molecular weight excluding hydrogens is 260 g/mol. The third kappa shape index (κ3) is 3.55. The Bertz CT molecular complexity index is 444. The van der Waals surface area contributed by atoms with Gasteiger partial charge in [0.25, 0.3) is 0 Å². The first-order chi connectivity index (χ1) is 9.55. The minimum Gasteiger partial charge on any atom is -0.374 e. The van der Waals surface area contributed by atoms with Crippen LogP contribution in [0.1, 0.15) is 38.7 Å². The lowest BCUT2D eigenvalue weighted by atomic mass is 9.88. The first-order valence-electron chi connectivity index (χ1n) is 7.36. The van der Waals surface area contributed by atoms with Crippen molar-refractivity contribution in [3.05, 3.63) is 35.4 Å². The number of rotatable bonds is 6. The van der Waals surface area contributed by atoms with Crippen molar-refractivity contribution in [3.63, 3.8) is 0 Å². The molecule has 0 aromatic heterocycles. The molecule has 0 aliphatic carbocycles. The molecule has 1 aliphatic heterocycles. The van der Waals surface area contributed by atoms with Gasteiger partial charge < -0.3 is 10.1 Å². The third-order valence-electron chi connectivity index (χ3n) is 4.07. The van der Waals surface area contributed by atoms with E-state index in [1.54, 1.807) is 0 Å². The molecule has 1 N–H and O–H groups in total. The van der Waals surface area contributed by atoms with Gasteiger partial charge >= 0.3 is 0 Å². The molecule has 1 aromatic rings. The average Bonchev–Trinajstić information content (AvgIpc) is 2.84. The summed E-state index contributed by atoms with van der Waals surface area (Å²) in [4.78, 5) is 0. The molecule has 2 nitrogen and oxygen atoms in total. The van der Waals surface area contributed by atoms with Crippen molar-refractivity contribution in [2.24, 2.45) is 0 Å². The lowest BCUT2D eigenvalue weighted by Gasteiger charge is -2.34. The van der Waals surface area contributed by atoms with Gasteiger partial charge in [-0.25, -0.2) is 8.78 Å². The third-order valence-corrected chi connectivity index (χ3v) is 4.07. The molecule has 1 aliphatic rings. The summed E-state index contributed by atoms with van der Waals surface area (Å²) in [6.07, 6.45) is 3.53. The van der Waals surface area contributed by atoms with E-state index in [-0.39, 0.29) is 11.6 Å². The number of ether oxygens (including phenoxy) is 1. The van der Waals surface area contributed by atoms with Gasteiger partial charge in [0.15, 0.2) is 0 Å². The summed E-state index contributed by atoms with van der Waals surface area (Å²) >= 11 is 0. The second kappa shape index (κ2) is 6.64. The fourth-order valence-corrected chi connectivity index (χ4v) is 2.81. The van der Waals surface area contributed by atoms with Crippen LogP contribution in [0.5, 0.6) is 0 Å². The Kier molecular flexibility index (Phi) is 5.11. The zero-order valence-electron chi connectivity index (χ0n) is 12.2. The summed E-state index contributed by atoms with van der Waals surface area (Å²) in [7, 11) is 0. The van der Waals surface area contributed by atoms with Crippen molar-refractivity contribution in [2.45, 2.75) is 51.2 Å². The van der Waals surface area contributed by atoms with E-state index in [1.165, 1.54) is 12.1 Å². The molecule has 20 heavy (non-hydrogen) atoms. The largest absolute Gasteiger partial charge is 0.374 e. The average molecular weight is 283 g/mol. The Balaban J connectivity index is 2.14. The highest BCUT2D eigenvalue weighted by Gasteiger charge is 2.38. The van der Waals surface area contributed by atoms with E-state index in [2.05, 4.69) is 19.2 Å². The molecule has 1 heterocycles. The number of halogens is 2. The Morgan fingerprint density at radius 3 is 2.80 bits per heavy atom. The van der Waals surface area contributed by atoms with Gasteiger partial charge in [-0.3, -0.25) is 0 Å². The monoisotopic (exact) mass is 283 g/mol. The molecule has 112 valence electrons. The molecule has 1 aromatic carbocycles. The van der Waals surface area contributed by atoms with Gasteiger partial charge in [0.05, 0.1) is 5.60 Å². The highest BCUT2D eigenvalue weighted by molar-refractivity contribution is 5.20. The van der Waals surface area contributed by atoms with Gasteiger partial charge in [0.2, 0.25) is 0 Å². The summed E-state index contributed by atoms with van der Waals surface area (Å²) < 4.78 is 32.7. The molecule has 4 heteroatoms. The Hall–Kier alpha value is -1.00. The highest BCUT2D eigenvalue weighted by atomic mass is 19.1. The van der Waals surface area contributed by atoms with Gasteiger partial charge in [-0.1, -0.05) is 13.0 Å². The van der Waals surface area contributed by atoms with Gasteiger partial charge in [-0.05, 0) is 50.8 Å². The van der Waals surface area contributed by atoms with Crippen molar-refractivity contribution >= 4 is 0 Å². The smallest absolute Gasteiger partial charge is 0.129 e. The van der Waals surface area contributed by atoms with Crippen LogP contribution in [0.3, 0.4) is 0 Å². The fourth-order valence-electron chi connectivity index (χ4n) is 2.81. The predicted molar refractivity (Wildman–Crippen MR) is 75.7 cm³/mol. The van der Waals surface area contributed by atoms with Crippen molar-refractivity contribution in [3.8, 4) is 0 Å². The van der Waals surface area contributed by atoms with Crippen molar-refractivity contribution in [1.82, 2.24) is 5.32 Å². The molecule has 1 saturated heterocycles. The number of hydrogen-bond donors (Lipinski definition) is 1. The van der Waals surface area contributed by atoms with Gasteiger partial charge in [-0.15, -0.1) is 0 Å². The maximum atomic E-state index is 13.8. The fraction of sp³-hybridized carbons (Fsp3) is 0.625. The van der Waals surface area contributed by atoms with Crippen LogP contribution >= 0.6 is 0 Å². The topological polar surface area (TPSA) is 21.3 Å². The minimum absolute atomic E-state index is 0.0462. The minimum atomic E-state index is -0.535. The molecule has 1 fully saturated rings. The Labute approximate surface area is 119 Å². The summed E-state index contributed by atoms with van der Waals surface area (Å²) in [6.45, 7) is 5.80. The standard InChI is InChI=1S/C16H23F2NO/c1-3-8-19-15(16(2)7-4-9-20-16)10-12-5-6-13(17)11-14(12)18/h5-6,11,15,19H,3-4,7-10H2,1-2H3. The number of benzene rings is 1. The van der Waals surface area contributed by atoms with Crippen LogP contribution in [0.2, 0.25) is 0 Å². The molecule has 0 spiro atoms. The normalized spacial score (nSPS) is 24.0. The molecule has 0 bridgehead atoms. The van der Waals surface area contributed by atoms with Crippen LogP contribution in [0.4, 0.5) is 8.78 Å². The second-order valence-electron chi connectivity index (χ2n) is 5.71. The van der Waals surface area contributed by atoms with E-state index >= 15 is 0 Å². The van der Waals surface area contributed by atoms with Crippen LogP contribution in [0.25, 0.3) is 0 Å². The molecular formula is C16H23F2NO. The van der Waals surface area contributed by atoms with E-state index in [9.17, 15) is 8.78 Å². The molecule has 0 saturated carbocycles. The lowest BCUT2D eigenvalue weighted by Crippen LogP contribution is -2.50. The van der Waals surface area contributed by atoms with E-state index in [1.807, 2.05) is 0 Å². The Morgan fingerprint density at radius 1 is 1.40 bits per heavy atom. The molecule has 0 radical (unpaired) electrons. The van der Waals surface area contributed by atoms with E-state index in [0.29, 0.717) is 12.0 Å². The maximum Gasteiger partial charge on any atom is 0.129 e. The molecule has 0 amide bonds. The molecule has 2 rings (SSSR count). The van der Waals surface area contributed by atoms with Crippen LogP contribution in [-0.4, -0.2) is 24.8 Å². The summed E-state index contributed by atoms with van der Waals surface area (Å²) in [5, 5.41) is 3.46. The molecule has 2 unspecified atom stereocenters. The summed E-state index contributed by atoms with van der Waals surface area (Å²) in [6, 6.07) is 3.84. The SMILES string of the molecule is CCCNC(Cc1ccc(F)cc1F)C1(C)CCCO1. The predicted octanol–water partition coefficient (Wildman–Crippen LogP) is 3.44. The zero-order valence-corrected chi connectivity index (χ0v) is 12.2. The van der Waals surface area contributed by atoms with Crippen LogP contribution in [-0.2, 0) is 11.2 Å². The van der Waals surface area contributed by atoms with Gasteiger partial charge in [-0.2, -0.15) is 0 Å². The van der Waals surface area contributed by atoms with Crippen molar-refractivity contribution in [1.29, 1.82) is 0 Å². The van der Waals surface area contributed by atoms with Crippen LogP contribution in [0.15, 0.2) is 18.2 Å². The number of hydrogen-bond acceptors (Lipinski definition) is 2. The van der Waals surface area contributed by atoms with E-state index in [4.69, 9.17) is 4.74 Å². The zero-order chi connectivity index (χ0) is 14.6. The summed E-state index contributed by atoms with van der Waals surface area (Å²) in [5.74, 6) is -1.01. The maximum absolute atomic E-state index is 13.8. The Morgan fingerprint density at radius 2 is 2.20 bits per heavy atom. The van der Waals surface area contributed by atoms with Crippen LogP contribution < -0.4 is 5.32 Å². The van der Waals surface area contributed by atoms with E-state index < -0.39 is 11.6 Å². The highest BCUT2D eigenvalue weighted by Crippen LogP contribution is 2.30. The van der Waals surface area contributed by atoms with Gasteiger partial charge in [0.1, 0.15) is 11.6 Å². The second-order valence-corrected chi connectivity index (χ2v) is 5.71. The molecule has 2 atom stereocenters. The van der Waals surface area contributed by atoms with E-state index in [0.717, 1.165) is 38.5 Å². The van der Waals surface area contributed by atoms with Crippen molar-refractivity contribution in [2.75, 3.05) is 13.2 Å². The first kappa shape index (κ1) is 15.4. The van der Waals surface area contributed by atoms with Crippen molar-refractivity contribution < 1.29 is 13.5 Å².